The van der Waals surface area contributed by atoms with E-state index in [1.165, 1.54) is 11.3 Å². The monoisotopic (exact) mass is 384 g/mol. The average molecular weight is 384 g/mol. The van der Waals surface area contributed by atoms with Crippen LogP contribution in [0.3, 0.4) is 0 Å². The molecule has 0 saturated heterocycles. The molecule has 0 fully saturated rings. The van der Waals surface area contributed by atoms with Gasteiger partial charge in [-0.25, -0.2) is 18.7 Å². The van der Waals surface area contributed by atoms with Gasteiger partial charge in [0.05, 0.1) is 33.7 Å². The van der Waals surface area contributed by atoms with Crippen molar-refractivity contribution >= 4 is 34.0 Å². The number of carbonyl (C=O) groups is 1. The van der Waals surface area contributed by atoms with Gasteiger partial charge >= 0.3 is 0 Å². The van der Waals surface area contributed by atoms with E-state index in [9.17, 15) is 13.6 Å². The van der Waals surface area contributed by atoms with Gasteiger partial charge in [0.15, 0.2) is 0 Å². The molecule has 0 radical (unpaired) electrons. The van der Waals surface area contributed by atoms with Crippen LogP contribution >= 0.6 is 11.3 Å². The summed E-state index contributed by atoms with van der Waals surface area (Å²) in [6, 6.07) is 8.32. The summed E-state index contributed by atoms with van der Waals surface area (Å²) >= 11 is 1.50. The van der Waals surface area contributed by atoms with Crippen LogP contribution in [0.2, 0.25) is 0 Å². The molecule has 0 aliphatic rings. The Labute approximate surface area is 157 Å². The second kappa shape index (κ2) is 6.88. The zero-order valence-corrected chi connectivity index (χ0v) is 15.0. The molecule has 0 aliphatic heterocycles. The average Bonchev–Trinajstić information content (AvgIpc) is 3.22. The van der Waals surface area contributed by atoms with E-state index in [-0.39, 0.29) is 23.7 Å². The number of rotatable bonds is 4. The molecule has 1 amide bonds. The number of hydrogen-bond acceptors (Lipinski definition) is 4. The van der Waals surface area contributed by atoms with Crippen molar-refractivity contribution in [2.45, 2.75) is 13.3 Å². The molecule has 136 valence electrons. The number of aromatic nitrogens is 3. The highest BCUT2D eigenvalue weighted by Crippen LogP contribution is 2.25. The zero-order valence-electron chi connectivity index (χ0n) is 14.2. The molecule has 4 rings (SSSR count). The second-order valence-electron chi connectivity index (χ2n) is 6.02. The van der Waals surface area contributed by atoms with Crippen molar-refractivity contribution in [1.82, 2.24) is 15.0 Å². The summed E-state index contributed by atoms with van der Waals surface area (Å²) in [5.74, 6) is -1.07. The first kappa shape index (κ1) is 17.3. The second-order valence-corrected chi connectivity index (χ2v) is 7.09. The summed E-state index contributed by atoms with van der Waals surface area (Å²) in [7, 11) is 0. The smallest absolute Gasteiger partial charge is 0.230 e. The van der Waals surface area contributed by atoms with Crippen molar-refractivity contribution in [3.05, 3.63) is 64.1 Å². The summed E-state index contributed by atoms with van der Waals surface area (Å²) in [5, 5.41) is 5.57. The number of carbonyl (C=O) groups excluding carboxylic acids is 1. The van der Waals surface area contributed by atoms with Crippen LogP contribution in [0.4, 0.5) is 14.5 Å². The number of benzene rings is 2. The zero-order chi connectivity index (χ0) is 19.0. The van der Waals surface area contributed by atoms with Gasteiger partial charge in [-0.3, -0.25) is 4.79 Å². The summed E-state index contributed by atoms with van der Waals surface area (Å²) in [6.45, 7) is 1.89. The third-order valence-electron chi connectivity index (χ3n) is 3.96. The fourth-order valence-electron chi connectivity index (χ4n) is 2.75. The van der Waals surface area contributed by atoms with Crippen LogP contribution in [0.15, 0.2) is 41.8 Å². The van der Waals surface area contributed by atoms with Gasteiger partial charge in [-0.2, -0.15) is 0 Å². The van der Waals surface area contributed by atoms with Crippen LogP contribution in [-0.4, -0.2) is 20.9 Å². The maximum Gasteiger partial charge on any atom is 0.230 e. The third-order valence-corrected chi connectivity index (χ3v) is 4.78. The van der Waals surface area contributed by atoms with Crippen LogP contribution in [-0.2, 0) is 11.2 Å². The van der Waals surface area contributed by atoms with Gasteiger partial charge in [-0.1, -0.05) is 0 Å². The van der Waals surface area contributed by atoms with Crippen molar-refractivity contribution in [3.63, 3.8) is 0 Å². The van der Waals surface area contributed by atoms with Crippen molar-refractivity contribution in [1.29, 1.82) is 0 Å². The van der Waals surface area contributed by atoms with Crippen LogP contribution < -0.4 is 5.32 Å². The molecule has 5 nitrogen and oxygen atoms in total. The lowest BCUT2D eigenvalue weighted by atomic mass is 10.2. The molecule has 27 heavy (non-hydrogen) atoms. The van der Waals surface area contributed by atoms with E-state index in [0.717, 1.165) is 28.9 Å². The summed E-state index contributed by atoms with van der Waals surface area (Å²) in [5.41, 5.74) is 2.55. The van der Waals surface area contributed by atoms with E-state index in [2.05, 4.69) is 20.3 Å². The number of amides is 1. The Morgan fingerprint density at radius 2 is 2.04 bits per heavy atom. The molecule has 2 aromatic heterocycles. The Kier molecular flexibility index (Phi) is 4.41. The Hall–Kier alpha value is -3.13. The number of aromatic amines is 1. The molecule has 2 N–H and O–H groups in total. The van der Waals surface area contributed by atoms with Gasteiger partial charge in [0.1, 0.15) is 17.5 Å². The molecule has 0 aliphatic carbocycles. The first-order valence-electron chi connectivity index (χ1n) is 8.14. The van der Waals surface area contributed by atoms with E-state index >= 15 is 0 Å². The molecule has 0 unspecified atom stereocenters. The number of thiazole rings is 1. The first-order valence-corrected chi connectivity index (χ1v) is 9.02. The number of nitrogens with zero attached hydrogens (tertiary/aromatic N) is 2. The van der Waals surface area contributed by atoms with Crippen LogP contribution in [0.1, 0.15) is 10.7 Å². The van der Waals surface area contributed by atoms with Crippen molar-refractivity contribution in [2.24, 2.45) is 0 Å². The number of imidazole rings is 1. The van der Waals surface area contributed by atoms with Crippen LogP contribution in [0.5, 0.6) is 0 Å². The van der Waals surface area contributed by atoms with E-state index in [1.807, 2.05) is 12.3 Å². The molecular formula is C19H14F2N4OS. The number of nitrogens with one attached hydrogen (secondary N) is 2. The Morgan fingerprint density at radius 3 is 2.81 bits per heavy atom. The number of halogens is 2. The maximum absolute atomic E-state index is 14.0. The fraction of sp³-hybridized carbons (Fsp3) is 0.105. The highest BCUT2D eigenvalue weighted by atomic mass is 32.1. The quantitative estimate of drug-likeness (QED) is 0.546. The number of anilines is 1. The SMILES string of the molecule is Cc1nc(CC(=O)Nc2ccc3nc(-c4cc(F)ccc4F)[nH]c3c2)cs1. The van der Waals surface area contributed by atoms with Gasteiger partial charge < -0.3 is 10.3 Å². The summed E-state index contributed by atoms with van der Waals surface area (Å²) in [4.78, 5) is 23.7. The lowest BCUT2D eigenvalue weighted by Gasteiger charge is -2.03. The largest absolute Gasteiger partial charge is 0.338 e. The number of fused-ring (bicyclic) bond motifs is 1. The normalized spacial score (nSPS) is 11.1. The van der Waals surface area contributed by atoms with Gasteiger partial charge in [-0.05, 0) is 43.3 Å². The standard InChI is InChI=1S/C19H14F2N4OS/c1-10-22-13(9-27-10)8-18(26)23-12-3-5-16-17(7-12)25-19(24-16)14-6-11(20)2-4-15(14)21/h2-7,9H,8H2,1H3,(H,23,26)(H,24,25). The Bertz CT molecular complexity index is 1150. The summed E-state index contributed by atoms with van der Waals surface area (Å²) in [6.07, 6.45) is 0.186. The topological polar surface area (TPSA) is 70.7 Å². The minimum absolute atomic E-state index is 0.0516. The Morgan fingerprint density at radius 1 is 1.19 bits per heavy atom. The lowest BCUT2D eigenvalue weighted by Crippen LogP contribution is -2.14. The number of aryl methyl sites for hydroxylation is 1. The van der Waals surface area contributed by atoms with Gasteiger partial charge in [0.25, 0.3) is 0 Å². The third kappa shape index (κ3) is 3.70. The van der Waals surface area contributed by atoms with Crippen molar-refractivity contribution < 1.29 is 13.6 Å². The molecule has 0 spiro atoms. The van der Waals surface area contributed by atoms with E-state index in [1.54, 1.807) is 18.2 Å². The fourth-order valence-corrected chi connectivity index (χ4v) is 3.37. The minimum atomic E-state index is -0.567. The molecule has 0 saturated carbocycles. The van der Waals surface area contributed by atoms with Gasteiger partial charge in [-0.15, -0.1) is 11.3 Å². The van der Waals surface area contributed by atoms with Gasteiger partial charge in [0.2, 0.25) is 5.91 Å². The molecule has 0 bridgehead atoms. The van der Waals surface area contributed by atoms with Crippen molar-refractivity contribution in [2.75, 3.05) is 5.32 Å². The van der Waals surface area contributed by atoms with E-state index in [0.29, 0.717) is 16.7 Å². The van der Waals surface area contributed by atoms with E-state index in [4.69, 9.17) is 0 Å². The molecule has 2 aromatic carbocycles. The molecular weight excluding hydrogens is 370 g/mol. The predicted octanol–water partition coefficient (Wildman–Crippen LogP) is 4.45. The highest BCUT2D eigenvalue weighted by molar-refractivity contribution is 7.09. The molecule has 2 heterocycles. The maximum atomic E-state index is 14.0. The number of hydrogen-bond donors (Lipinski definition) is 2. The predicted molar refractivity (Wildman–Crippen MR) is 101 cm³/mol. The molecule has 4 aromatic rings. The van der Waals surface area contributed by atoms with Gasteiger partial charge in [0, 0.05) is 11.1 Å². The summed E-state index contributed by atoms with van der Waals surface area (Å²) < 4.78 is 27.4. The minimum Gasteiger partial charge on any atom is -0.338 e. The highest BCUT2D eigenvalue weighted by Gasteiger charge is 2.13. The Balaban J connectivity index is 1.57. The first-order chi connectivity index (χ1) is 13.0. The number of H-pyrrole nitrogens is 1. The van der Waals surface area contributed by atoms with Crippen LogP contribution in [0, 0.1) is 18.6 Å². The van der Waals surface area contributed by atoms with E-state index < -0.39 is 11.6 Å². The van der Waals surface area contributed by atoms with Crippen molar-refractivity contribution in [3.8, 4) is 11.4 Å². The molecule has 0 atom stereocenters. The lowest BCUT2D eigenvalue weighted by molar-refractivity contribution is -0.115. The van der Waals surface area contributed by atoms with Crippen LogP contribution in [0.25, 0.3) is 22.4 Å². The molecule has 8 heteroatoms.